The van der Waals surface area contributed by atoms with E-state index in [1.807, 2.05) is 11.7 Å². The van der Waals surface area contributed by atoms with Crippen LogP contribution >= 0.6 is 49.9 Å². The minimum absolute atomic E-state index is 0.794. The van der Waals surface area contributed by atoms with Crippen molar-refractivity contribution in [2.45, 2.75) is 0 Å². The maximum Gasteiger partial charge on any atom is 0.183 e. The lowest BCUT2D eigenvalue weighted by molar-refractivity contribution is 0.748. The van der Waals surface area contributed by atoms with E-state index < -0.39 is 0 Å². The summed E-state index contributed by atoms with van der Waals surface area (Å²) in [5.41, 5.74) is 1.03. The van der Waals surface area contributed by atoms with Gasteiger partial charge in [0, 0.05) is 7.05 Å². The molecular weight excluding hydrogens is 367 g/mol. The first-order valence-electron chi connectivity index (χ1n) is 3.35. The second-order valence-corrected chi connectivity index (χ2v) is 5.61. The van der Waals surface area contributed by atoms with Gasteiger partial charge in [0.1, 0.15) is 3.70 Å². The molecule has 2 aromatic heterocycles. The van der Waals surface area contributed by atoms with Gasteiger partial charge in [-0.15, -0.1) is 10.2 Å². The summed E-state index contributed by atoms with van der Waals surface area (Å²) in [5.74, 6) is 0. The van der Waals surface area contributed by atoms with Crippen molar-refractivity contribution in [2.24, 2.45) is 7.05 Å². The molecule has 0 aliphatic rings. The molecule has 13 heavy (non-hydrogen) atoms. The number of aryl methyl sites for hydroxylation is 1. The average Bonchev–Trinajstić information content (AvgIpc) is 2.62. The van der Waals surface area contributed by atoms with Gasteiger partial charge in [0.25, 0.3) is 0 Å². The van der Waals surface area contributed by atoms with E-state index in [0.717, 1.165) is 18.2 Å². The third kappa shape index (κ3) is 1.77. The monoisotopic (exact) mass is 370 g/mol. The van der Waals surface area contributed by atoms with Gasteiger partial charge >= 0.3 is 0 Å². The molecule has 0 aliphatic heterocycles. The molecule has 0 spiro atoms. The zero-order valence-corrected chi connectivity index (χ0v) is 11.1. The fourth-order valence-corrected chi connectivity index (χ4v) is 2.70. The van der Waals surface area contributed by atoms with Gasteiger partial charge in [-0.3, -0.25) is 4.68 Å². The molecule has 0 saturated heterocycles. The summed E-state index contributed by atoms with van der Waals surface area (Å²) in [4.78, 5) is 0. The summed E-state index contributed by atoms with van der Waals surface area (Å²) in [7, 11) is 1.90. The molecule has 0 unspecified atom stereocenters. The Kier molecular flexibility index (Phi) is 2.65. The number of nitrogens with zero attached hydrogens (tertiary/aromatic N) is 4. The van der Waals surface area contributed by atoms with Gasteiger partial charge < -0.3 is 0 Å². The fraction of sp³-hybridized carbons (Fsp3) is 0.167. The van der Waals surface area contributed by atoms with Gasteiger partial charge in [0.05, 0.1) is 11.8 Å². The summed E-state index contributed by atoms with van der Waals surface area (Å²) in [6.07, 6.45) is 1.80. The summed E-state index contributed by atoms with van der Waals surface area (Å²) in [5, 5.41) is 12.9. The van der Waals surface area contributed by atoms with Crippen LogP contribution in [0.1, 0.15) is 0 Å². The van der Waals surface area contributed by atoms with Crippen LogP contribution in [0.4, 0.5) is 0 Å². The lowest BCUT2D eigenvalue weighted by atomic mass is 10.4. The van der Waals surface area contributed by atoms with Gasteiger partial charge in [-0.2, -0.15) is 5.10 Å². The van der Waals surface area contributed by atoms with Crippen LogP contribution in [0, 0.1) is 3.70 Å². The lowest BCUT2D eigenvalue weighted by Gasteiger charge is -1.91. The highest BCUT2D eigenvalue weighted by atomic mass is 127. The van der Waals surface area contributed by atoms with Gasteiger partial charge in [-0.05, 0) is 38.5 Å². The number of hydrogen-bond donors (Lipinski definition) is 0. The van der Waals surface area contributed by atoms with E-state index in [0.29, 0.717) is 0 Å². The van der Waals surface area contributed by atoms with Gasteiger partial charge in [0.15, 0.2) is 8.92 Å². The van der Waals surface area contributed by atoms with E-state index in [9.17, 15) is 0 Å². The van der Waals surface area contributed by atoms with Crippen LogP contribution in [0.5, 0.6) is 0 Å². The SMILES string of the molecule is Cn1ncc(-c2nnc(Br)s2)c1I. The van der Waals surface area contributed by atoms with E-state index in [4.69, 9.17) is 0 Å². The van der Waals surface area contributed by atoms with E-state index >= 15 is 0 Å². The summed E-state index contributed by atoms with van der Waals surface area (Å²) in [6, 6.07) is 0. The molecule has 0 fully saturated rings. The first kappa shape index (κ1) is 9.53. The molecule has 0 aliphatic carbocycles. The van der Waals surface area contributed by atoms with E-state index in [2.05, 4.69) is 53.8 Å². The molecule has 4 nitrogen and oxygen atoms in total. The molecule has 0 bridgehead atoms. The Morgan fingerprint density at radius 2 is 2.31 bits per heavy atom. The van der Waals surface area contributed by atoms with Crippen molar-refractivity contribution in [2.75, 3.05) is 0 Å². The van der Waals surface area contributed by atoms with Crippen LogP contribution in [-0.2, 0) is 7.05 Å². The first-order valence-corrected chi connectivity index (χ1v) is 6.04. The topological polar surface area (TPSA) is 43.6 Å². The van der Waals surface area contributed by atoms with Crippen molar-refractivity contribution in [1.29, 1.82) is 0 Å². The molecule has 2 rings (SSSR count). The Bertz CT molecular complexity index is 438. The van der Waals surface area contributed by atoms with Gasteiger partial charge in [-0.25, -0.2) is 0 Å². The maximum atomic E-state index is 4.13. The number of halogens is 2. The highest BCUT2D eigenvalue weighted by molar-refractivity contribution is 14.1. The van der Waals surface area contributed by atoms with Crippen LogP contribution < -0.4 is 0 Å². The predicted octanol–water partition coefficient (Wildman–Crippen LogP) is 2.31. The zero-order valence-electron chi connectivity index (χ0n) is 6.53. The van der Waals surface area contributed by atoms with Crippen molar-refractivity contribution in [1.82, 2.24) is 20.0 Å². The number of aromatic nitrogens is 4. The van der Waals surface area contributed by atoms with Gasteiger partial charge in [-0.1, -0.05) is 11.3 Å². The molecule has 0 aromatic carbocycles. The maximum absolute atomic E-state index is 4.13. The molecule has 7 heteroatoms. The predicted molar refractivity (Wildman–Crippen MR) is 62.5 cm³/mol. The molecule has 2 aromatic rings. The Hall–Kier alpha value is -0.0200. The molecule has 0 N–H and O–H groups in total. The number of hydrogen-bond acceptors (Lipinski definition) is 4. The smallest absolute Gasteiger partial charge is 0.183 e. The largest absolute Gasteiger partial charge is 0.262 e. The summed E-state index contributed by atoms with van der Waals surface area (Å²) in [6.45, 7) is 0. The molecule has 0 radical (unpaired) electrons. The van der Waals surface area contributed by atoms with Crippen molar-refractivity contribution in [3.8, 4) is 10.6 Å². The third-order valence-electron chi connectivity index (χ3n) is 1.50. The Balaban J connectivity index is 2.52. The molecule has 2 heterocycles. The molecule has 68 valence electrons. The highest BCUT2D eigenvalue weighted by Gasteiger charge is 2.11. The first-order chi connectivity index (χ1) is 6.18. The van der Waals surface area contributed by atoms with Crippen molar-refractivity contribution in [3.63, 3.8) is 0 Å². The molecule has 0 saturated carbocycles. The van der Waals surface area contributed by atoms with E-state index in [-0.39, 0.29) is 0 Å². The van der Waals surface area contributed by atoms with E-state index in [1.165, 1.54) is 11.3 Å². The second kappa shape index (κ2) is 3.62. The van der Waals surface area contributed by atoms with Crippen molar-refractivity contribution >= 4 is 49.9 Å². The minimum atomic E-state index is 0.794. The van der Waals surface area contributed by atoms with E-state index in [1.54, 1.807) is 6.20 Å². The Morgan fingerprint density at radius 1 is 1.54 bits per heavy atom. The Morgan fingerprint density at radius 3 is 2.77 bits per heavy atom. The number of rotatable bonds is 1. The van der Waals surface area contributed by atoms with Crippen LogP contribution in [0.15, 0.2) is 10.1 Å². The highest BCUT2D eigenvalue weighted by Crippen LogP contribution is 2.29. The molecule has 0 atom stereocenters. The normalized spacial score (nSPS) is 10.7. The summed E-state index contributed by atoms with van der Waals surface area (Å²) >= 11 is 7.02. The third-order valence-corrected chi connectivity index (χ3v) is 4.17. The van der Waals surface area contributed by atoms with Crippen LogP contribution in [0.2, 0.25) is 0 Å². The zero-order chi connectivity index (χ0) is 9.42. The lowest BCUT2D eigenvalue weighted by Crippen LogP contribution is -1.92. The van der Waals surface area contributed by atoms with Crippen LogP contribution in [-0.4, -0.2) is 20.0 Å². The van der Waals surface area contributed by atoms with Crippen molar-refractivity contribution < 1.29 is 0 Å². The van der Waals surface area contributed by atoms with Gasteiger partial charge in [0.2, 0.25) is 0 Å². The second-order valence-electron chi connectivity index (χ2n) is 2.33. The fourth-order valence-electron chi connectivity index (χ4n) is 0.880. The quantitative estimate of drug-likeness (QED) is 0.723. The van der Waals surface area contributed by atoms with Crippen LogP contribution in [0.3, 0.4) is 0 Å². The van der Waals surface area contributed by atoms with Crippen LogP contribution in [0.25, 0.3) is 10.6 Å². The average molecular weight is 371 g/mol. The minimum Gasteiger partial charge on any atom is -0.262 e. The van der Waals surface area contributed by atoms with Crippen molar-refractivity contribution in [3.05, 3.63) is 13.8 Å². The molecular formula is C6H4BrIN4S. The Labute approximate surface area is 101 Å². The summed E-state index contributed by atoms with van der Waals surface area (Å²) < 4.78 is 3.67. The standard InChI is InChI=1S/C6H4BrIN4S/c1-12-4(8)3(2-9-12)5-10-11-6(7)13-5/h2H,1H3. The molecule has 0 amide bonds.